The fourth-order valence-electron chi connectivity index (χ4n) is 2.12. The summed E-state index contributed by atoms with van der Waals surface area (Å²) < 4.78 is 0. The van der Waals surface area contributed by atoms with Gasteiger partial charge in [0.1, 0.15) is 0 Å². The first-order valence-electron chi connectivity index (χ1n) is 6.82. The predicted octanol–water partition coefficient (Wildman–Crippen LogP) is 4.51. The van der Waals surface area contributed by atoms with Gasteiger partial charge in [0.25, 0.3) is 0 Å². The van der Waals surface area contributed by atoms with Gasteiger partial charge < -0.3 is 5.32 Å². The Bertz CT molecular complexity index is 532. The molecule has 2 aromatic rings. The molecular formula is C16H21ClN2S. The van der Waals surface area contributed by atoms with Crippen molar-refractivity contribution >= 4 is 22.9 Å². The van der Waals surface area contributed by atoms with E-state index in [2.05, 4.69) is 42.5 Å². The van der Waals surface area contributed by atoms with E-state index in [1.807, 2.05) is 23.7 Å². The first-order chi connectivity index (χ1) is 9.46. The summed E-state index contributed by atoms with van der Waals surface area (Å²) in [6, 6.07) is 8.10. The lowest BCUT2D eigenvalue weighted by Gasteiger charge is -2.26. The van der Waals surface area contributed by atoms with E-state index in [4.69, 9.17) is 11.6 Å². The molecule has 108 valence electrons. The van der Waals surface area contributed by atoms with E-state index >= 15 is 0 Å². The molecule has 2 nitrogen and oxygen atoms in total. The molecule has 0 saturated heterocycles. The lowest BCUT2D eigenvalue weighted by molar-refractivity contribution is 0.404. The summed E-state index contributed by atoms with van der Waals surface area (Å²) in [4.78, 5) is 4.40. The number of benzene rings is 1. The molecule has 0 aliphatic rings. The molecule has 0 fully saturated rings. The van der Waals surface area contributed by atoms with E-state index in [1.54, 1.807) is 11.3 Å². The van der Waals surface area contributed by atoms with Crippen LogP contribution in [0.3, 0.4) is 0 Å². The second-order valence-corrected chi connectivity index (χ2v) is 7.16. The Morgan fingerprint density at radius 1 is 1.30 bits per heavy atom. The van der Waals surface area contributed by atoms with Crippen molar-refractivity contribution in [1.29, 1.82) is 0 Å². The van der Waals surface area contributed by atoms with Crippen LogP contribution in [0, 0.1) is 0 Å². The van der Waals surface area contributed by atoms with Crippen LogP contribution in [0.15, 0.2) is 35.2 Å². The van der Waals surface area contributed by atoms with Crippen molar-refractivity contribution in [3.8, 4) is 0 Å². The van der Waals surface area contributed by atoms with Gasteiger partial charge in [-0.15, -0.1) is 11.3 Å². The van der Waals surface area contributed by atoms with E-state index in [0.29, 0.717) is 5.92 Å². The average Bonchev–Trinajstić information content (AvgIpc) is 2.87. The van der Waals surface area contributed by atoms with E-state index in [1.165, 1.54) is 5.56 Å². The summed E-state index contributed by atoms with van der Waals surface area (Å²) in [6.07, 6.45) is 0.913. The molecule has 0 amide bonds. The number of thiazole rings is 1. The Morgan fingerprint density at radius 2 is 2.05 bits per heavy atom. The molecule has 1 N–H and O–H groups in total. The van der Waals surface area contributed by atoms with Gasteiger partial charge in [0, 0.05) is 28.4 Å². The number of rotatable bonds is 5. The SMILES string of the molecule is CC(C)(C)NCC(Cc1cscn1)c1ccccc1Cl. The Hall–Kier alpha value is -0.900. The molecule has 0 radical (unpaired) electrons. The summed E-state index contributed by atoms with van der Waals surface area (Å²) in [7, 11) is 0. The summed E-state index contributed by atoms with van der Waals surface area (Å²) in [5.74, 6) is 0.338. The third kappa shape index (κ3) is 4.58. The molecule has 1 heterocycles. The van der Waals surface area contributed by atoms with Gasteiger partial charge in [-0.1, -0.05) is 29.8 Å². The normalized spacial score (nSPS) is 13.4. The lowest BCUT2D eigenvalue weighted by Crippen LogP contribution is -2.39. The maximum absolute atomic E-state index is 6.36. The van der Waals surface area contributed by atoms with Crippen molar-refractivity contribution in [3.05, 3.63) is 51.4 Å². The summed E-state index contributed by atoms with van der Waals surface area (Å²) >= 11 is 8.00. The molecule has 0 bridgehead atoms. The molecule has 0 aliphatic carbocycles. The van der Waals surface area contributed by atoms with Crippen LogP contribution in [-0.4, -0.2) is 17.1 Å². The van der Waals surface area contributed by atoms with Crippen LogP contribution in [0.5, 0.6) is 0 Å². The van der Waals surface area contributed by atoms with E-state index in [9.17, 15) is 0 Å². The monoisotopic (exact) mass is 308 g/mol. The number of halogens is 1. The highest BCUT2D eigenvalue weighted by Gasteiger charge is 2.19. The standard InChI is InChI=1S/C16H21ClN2S/c1-16(2,3)19-9-12(8-13-10-20-11-18-13)14-6-4-5-7-15(14)17/h4-7,10-12,19H,8-9H2,1-3H3. The number of hydrogen-bond donors (Lipinski definition) is 1. The Labute approximate surface area is 130 Å². The van der Waals surface area contributed by atoms with Crippen LogP contribution in [0.4, 0.5) is 0 Å². The molecule has 20 heavy (non-hydrogen) atoms. The van der Waals surface area contributed by atoms with Crippen molar-refractivity contribution in [2.45, 2.75) is 38.6 Å². The van der Waals surface area contributed by atoms with Crippen LogP contribution in [0.25, 0.3) is 0 Å². The Balaban J connectivity index is 2.17. The van der Waals surface area contributed by atoms with Gasteiger partial charge in [0.15, 0.2) is 0 Å². The van der Waals surface area contributed by atoms with Gasteiger partial charge in [-0.2, -0.15) is 0 Å². The zero-order chi connectivity index (χ0) is 14.6. The minimum atomic E-state index is 0.0988. The summed E-state index contributed by atoms with van der Waals surface area (Å²) in [6.45, 7) is 7.43. The quantitative estimate of drug-likeness (QED) is 0.879. The molecule has 0 aliphatic heterocycles. The molecule has 2 rings (SSSR count). The van der Waals surface area contributed by atoms with E-state index < -0.39 is 0 Å². The second-order valence-electron chi connectivity index (χ2n) is 6.03. The van der Waals surface area contributed by atoms with Gasteiger partial charge in [0.05, 0.1) is 11.2 Å². The number of nitrogens with one attached hydrogen (secondary N) is 1. The molecular weight excluding hydrogens is 288 g/mol. The highest BCUT2D eigenvalue weighted by molar-refractivity contribution is 7.07. The first-order valence-corrected chi connectivity index (χ1v) is 8.14. The third-order valence-corrected chi connectivity index (χ3v) is 4.14. The van der Waals surface area contributed by atoms with Crippen LogP contribution >= 0.6 is 22.9 Å². The summed E-state index contributed by atoms with van der Waals surface area (Å²) in [5.41, 5.74) is 4.31. The first kappa shape index (κ1) is 15.5. The molecule has 1 atom stereocenters. The van der Waals surface area contributed by atoms with Crippen molar-refractivity contribution in [1.82, 2.24) is 10.3 Å². The van der Waals surface area contributed by atoms with Crippen LogP contribution in [0.1, 0.15) is 37.9 Å². The van der Waals surface area contributed by atoms with Gasteiger partial charge in [-0.05, 0) is 38.8 Å². The van der Waals surface area contributed by atoms with Crippen molar-refractivity contribution in [2.75, 3.05) is 6.54 Å². The van der Waals surface area contributed by atoms with Gasteiger partial charge in [0.2, 0.25) is 0 Å². The minimum Gasteiger partial charge on any atom is -0.311 e. The third-order valence-electron chi connectivity index (χ3n) is 3.16. The highest BCUT2D eigenvalue weighted by Crippen LogP contribution is 2.27. The molecule has 0 spiro atoms. The van der Waals surface area contributed by atoms with Crippen LogP contribution in [0.2, 0.25) is 5.02 Å². The largest absolute Gasteiger partial charge is 0.311 e. The Morgan fingerprint density at radius 3 is 2.65 bits per heavy atom. The summed E-state index contributed by atoms with van der Waals surface area (Å²) in [5, 5.41) is 6.53. The van der Waals surface area contributed by atoms with Crippen LogP contribution in [-0.2, 0) is 6.42 Å². The smallest absolute Gasteiger partial charge is 0.0794 e. The lowest BCUT2D eigenvalue weighted by atomic mass is 9.93. The fraction of sp³-hybridized carbons (Fsp3) is 0.438. The highest BCUT2D eigenvalue weighted by atomic mass is 35.5. The number of aromatic nitrogens is 1. The molecule has 0 saturated carbocycles. The molecule has 1 aromatic carbocycles. The number of nitrogens with zero attached hydrogens (tertiary/aromatic N) is 1. The van der Waals surface area contributed by atoms with Gasteiger partial charge in [-0.3, -0.25) is 0 Å². The molecule has 1 aromatic heterocycles. The van der Waals surface area contributed by atoms with Crippen LogP contribution < -0.4 is 5.32 Å². The average molecular weight is 309 g/mol. The van der Waals surface area contributed by atoms with Crippen molar-refractivity contribution in [2.24, 2.45) is 0 Å². The van der Waals surface area contributed by atoms with Crippen molar-refractivity contribution < 1.29 is 0 Å². The topological polar surface area (TPSA) is 24.9 Å². The van der Waals surface area contributed by atoms with E-state index in [-0.39, 0.29) is 5.54 Å². The van der Waals surface area contributed by atoms with E-state index in [0.717, 1.165) is 23.7 Å². The second kappa shape index (κ2) is 6.70. The maximum atomic E-state index is 6.36. The fourth-order valence-corrected chi connectivity index (χ4v) is 2.98. The molecule has 1 unspecified atom stereocenters. The minimum absolute atomic E-state index is 0.0988. The zero-order valence-corrected chi connectivity index (χ0v) is 13.8. The predicted molar refractivity (Wildman–Crippen MR) is 87.8 cm³/mol. The van der Waals surface area contributed by atoms with Crippen molar-refractivity contribution in [3.63, 3.8) is 0 Å². The molecule has 4 heteroatoms. The Kier molecular flexibility index (Phi) is 5.19. The number of hydrogen-bond acceptors (Lipinski definition) is 3. The van der Waals surface area contributed by atoms with Gasteiger partial charge in [-0.25, -0.2) is 4.98 Å². The zero-order valence-electron chi connectivity index (χ0n) is 12.2. The van der Waals surface area contributed by atoms with Gasteiger partial charge >= 0.3 is 0 Å². The maximum Gasteiger partial charge on any atom is 0.0794 e.